The standard InChI is InChI=1S/C13H29O3Si/c1-6-14-17(15-7-2,16-8-3)12-10-9-11-13(4)5/h11,13H,6-10,12H2,1-5H3. The van der Waals surface area contributed by atoms with Gasteiger partial charge in [-0.05, 0) is 46.0 Å². The van der Waals surface area contributed by atoms with Gasteiger partial charge in [0.05, 0.1) is 0 Å². The molecule has 0 unspecified atom stereocenters. The molecule has 0 aliphatic rings. The first-order chi connectivity index (χ1) is 8.10. The minimum atomic E-state index is -2.39. The van der Waals surface area contributed by atoms with Crippen molar-refractivity contribution in [1.29, 1.82) is 0 Å². The van der Waals surface area contributed by atoms with Gasteiger partial charge in [-0.2, -0.15) is 0 Å². The van der Waals surface area contributed by atoms with E-state index in [1.807, 2.05) is 20.8 Å². The quantitative estimate of drug-likeness (QED) is 0.419. The molecule has 0 saturated carbocycles. The van der Waals surface area contributed by atoms with Crippen molar-refractivity contribution in [3.63, 3.8) is 0 Å². The Morgan fingerprint density at radius 1 is 0.941 bits per heavy atom. The Kier molecular flexibility index (Phi) is 10.1. The SMILES string of the molecule is CCO[Si](CCC[CH]C(C)C)(OCC)OCC. The summed E-state index contributed by atoms with van der Waals surface area (Å²) in [5.74, 6) is 0.650. The van der Waals surface area contributed by atoms with Crippen molar-refractivity contribution in [2.45, 2.75) is 53.5 Å². The van der Waals surface area contributed by atoms with Gasteiger partial charge in [0.1, 0.15) is 0 Å². The minimum Gasteiger partial charge on any atom is -0.374 e. The Balaban J connectivity index is 4.14. The van der Waals surface area contributed by atoms with Gasteiger partial charge in [0.15, 0.2) is 0 Å². The number of unbranched alkanes of at least 4 members (excludes halogenated alkanes) is 1. The van der Waals surface area contributed by atoms with Crippen LogP contribution in [0.5, 0.6) is 0 Å². The summed E-state index contributed by atoms with van der Waals surface area (Å²) in [6.45, 7) is 12.4. The smallest absolute Gasteiger partial charge is 0.374 e. The minimum absolute atomic E-state index is 0.650. The molecule has 0 amide bonds. The molecule has 0 aromatic rings. The second-order valence-corrected chi connectivity index (χ2v) is 7.09. The average molecular weight is 261 g/mol. The normalized spacial score (nSPS) is 12.4. The van der Waals surface area contributed by atoms with Crippen LogP contribution in [0.25, 0.3) is 0 Å². The van der Waals surface area contributed by atoms with E-state index in [1.54, 1.807) is 0 Å². The fourth-order valence-electron chi connectivity index (χ4n) is 1.77. The molecule has 0 rings (SSSR count). The largest absolute Gasteiger partial charge is 0.500 e. The lowest BCUT2D eigenvalue weighted by molar-refractivity contribution is 0.0708. The van der Waals surface area contributed by atoms with E-state index in [1.165, 1.54) is 0 Å². The van der Waals surface area contributed by atoms with Crippen LogP contribution in [0.2, 0.25) is 6.04 Å². The third kappa shape index (κ3) is 7.92. The van der Waals surface area contributed by atoms with Gasteiger partial charge >= 0.3 is 8.80 Å². The molecule has 3 nitrogen and oxygen atoms in total. The highest BCUT2D eigenvalue weighted by molar-refractivity contribution is 6.60. The summed E-state index contributed by atoms with van der Waals surface area (Å²) in [4.78, 5) is 0. The summed E-state index contributed by atoms with van der Waals surface area (Å²) in [6.07, 6.45) is 4.53. The van der Waals surface area contributed by atoms with Crippen LogP contribution in [-0.4, -0.2) is 28.6 Å². The predicted molar refractivity (Wildman–Crippen MR) is 73.8 cm³/mol. The van der Waals surface area contributed by atoms with E-state index >= 15 is 0 Å². The maximum Gasteiger partial charge on any atom is 0.500 e. The summed E-state index contributed by atoms with van der Waals surface area (Å²) >= 11 is 0. The summed E-state index contributed by atoms with van der Waals surface area (Å²) < 4.78 is 17.4. The van der Waals surface area contributed by atoms with Gasteiger partial charge in [-0.3, -0.25) is 0 Å². The van der Waals surface area contributed by atoms with E-state index in [0.717, 1.165) is 18.9 Å². The number of hydrogen-bond donors (Lipinski definition) is 0. The summed E-state index contributed by atoms with van der Waals surface area (Å²) in [6, 6.07) is 0.922. The van der Waals surface area contributed by atoms with Crippen LogP contribution in [0, 0.1) is 12.3 Å². The fourth-order valence-corrected chi connectivity index (χ4v) is 4.41. The van der Waals surface area contributed by atoms with E-state index in [0.29, 0.717) is 25.7 Å². The van der Waals surface area contributed by atoms with Crippen molar-refractivity contribution in [3.05, 3.63) is 6.42 Å². The van der Waals surface area contributed by atoms with Crippen LogP contribution < -0.4 is 0 Å². The first-order valence-electron chi connectivity index (χ1n) is 6.85. The highest BCUT2D eigenvalue weighted by Gasteiger charge is 2.39. The van der Waals surface area contributed by atoms with E-state index in [9.17, 15) is 0 Å². The zero-order valence-corrected chi connectivity index (χ0v) is 13.1. The van der Waals surface area contributed by atoms with Crippen LogP contribution in [0.15, 0.2) is 0 Å². The van der Waals surface area contributed by atoms with Gasteiger partial charge in [-0.1, -0.05) is 13.8 Å². The average Bonchev–Trinajstić information content (AvgIpc) is 2.25. The molecule has 0 aromatic heterocycles. The molecule has 4 heteroatoms. The van der Waals surface area contributed by atoms with Crippen molar-refractivity contribution >= 4 is 8.80 Å². The Labute approximate surface area is 108 Å². The molecule has 0 aliphatic carbocycles. The molecule has 0 saturated heterocycles. The van der Waals surface area contributed by atoms with Gasteiger partial charge < -0.3 is 13.3 Å². The Hall–Kier alpha value is 0.0969. The third-order valence-electron chi connectivity index (χ3n) is 2.42. The maximum absolute atomic E-state index is 5.80. The molecule has 0 N–H and O–H groups in total. The predicted octanol–water partition coefficient (Wildman–Crippen LogP) is 3.68. The second-order valence-electron chi connectivity index (χ2n) is 4.35. The topological polar surface area (TPSA) is 27.7 Å². The monoisotopic (exact) mass is 261 g/mol. The van der Waals surface area contributed by atoms with Gasteiger partial charge in [0.25, 0.3) is 0 Å². The van der Waals surface area contributed by atoms with E-state index in [-0.39, 0.29) is 0 Å². The Morgan fingerprint density at radius 2 is 1.41 bits per heavy atom. The highest BCUT2D eigenvalue weighted by Crippen LogP contribution is 2.20. The van der Waals surface area contributed by atoms with Crippen molar-refractivity contribution in [1.82, 2.24) is 0 Å². The van der Waals surface area contributed by atoms with E-state index < -0.39 is 8.80 Å². The van der Waals surface area contributed by atoms with E-state index in [4.69, 9.17) is 13.3 Å². The molecule has 103 valence electrons. The van der Waals surface area contributed by atoms with Crippen LogP contribution in [0.1, 0.15) is 47.5 Å². The zero-order chi connectivity index (χ0) is 13.1. The molecule has 17 heavy (non-hydrogen) atoms. The molecule has 0 bridgehead atoms. The fraction of sp³-hybridized carbons (Fsp3) is 0.923. The van der Waals surface area contributed by atoms with Crippen LogP contribution in [-0.2, 0) is 13.3 Å². The summed E-state index contributed by atoms with van der Waals surface area (Å²) in [5, 5.41) is 0. The zero-order valence-electron chi connectivity index (χ0n) is 12.1. The molecule has 1 radical (unpaired) electrons. The highest BCUT2D eigenvalue weighted by atomic mass is 28.4. The summed E-state index contributed by atoms with van der Waals surface area (Å²) in [5.41, 5.74) is 0. The molecule has 0 aromatic carbocycles. The lowest BCUT2D eigenvalue weighted by Gasteiger charge is -2.28. The molecule has 0 atom stereocenters. The lowest BCUT2D eigenvalue weighted by Crippen LogP contribution is -2.45. The van der Waals surface area contributed by atoms with Crippen molar-refractivity contribution in [2.24, 2.45) is 5.92 Å². The number of hydrogen-bond acceptors (Lipinski definition) is 3. The molecule has 0 spiro atoms. The number of rotatable bonds is 11. The van der Waals surface area contributed by atoms with Crippen molar-refractivity contribution in [2.75, 3.05) is 19.8 Å². The van der Waals surface area contributed by atoms with E-state index in [2.05, 4.69) is 20.3 Å². The van der Waals surface area contributed by atoms with Gasteiger partial charge in [-0.25, -0.2) is 0 Å². The van der Waals surface area contributed by atoms with Crippen LogP contribution >= 0.6 is 0 Å². The first-order valence-corrected chi connectivity index (χ1v) is 8.78. The maximum atomic E-state index is 5.80. The lowest BCUT2D eigenvalue weighted by atomic mass is 10.1. The van der Waals surface area contributed by atoms with Crippen LogP contribution in [0.4, 0.5) is 0 Å². The van der Waals surface area contributed by atoms with Crippen molar-refractivity contribution < 1.29 is 13.3 Å². The first kappa shape index (κ1) is 17.1. The molecule has 0 heterocycles. The molecular weight excluding hydrogens is 232 g/mol. The molecule has 0 aliphatic heterocycles. The van der Waals surface area contributed by atoms with Gasteiger partial charge in [0.2, 0.25) is 0 Å². The third-order valence-corrected chi connectivity index (χ3v) is 5.57. The van der Waals surface area contributed by atoms with Gasteiger partial charge in [0, 0.05) is 25.9 Å². The van der Waals surface area contributed by atoms with Crippen LogP contribution in [0.3, 0.4) is 0 Å². The van der Waals surface area contributed by atoms with Gasteiger partial charge in [-0.15, -0.1) is 0 Å². The molecular formula is C13H29O3Si. The molecule has 0 fully saturated rings. The second kappa shape index (κ2) is 10.1. The Morgan fingerprint density at radius 3 is 1.76 bits per heavy atom. The Bertz CT molecular complexity index is 157. The van der Waals surface area contributed by atoms with Crippen molar-refractivity contribution in [3.8, 4) is 0 Å². The summed E-state index contributed by atoms with van der Waals surface area (Å²) in [7, 11) is -2.39.